The van der Waals surface area contributed by atoms with E-state index < -0.39 is 9.84 Å². The summed E-state index contributed by atoms with van der Waals surface area (Å²) in [6.07, 6.45) is 1.15. The van der Waals surface area contributed by atoms with E-state index in [9.17, 15) is 13.2 Å². The molecular weight excluding hydrogens is 490 g/mol. The molecule has 0 unspecified atom stereocenters. The zero-order valence-electron chi connectivity index (χ0n) is 15.4. The molecule has 3 aromatic rings. The van der Waals surface area contributed by atoms with Crippen molar-refractivity contribution in [3.63, 3.8) is 0 Å². The summed E-state index contributed by atoms with van der Waals surface area (Å²) in [4.78, 5) is 21.1. The van der Waals surface area contributed by atoms with Crippen LogP contribution in [0.25, 0.3) is 10.2 Å². The molecule has 28 heavy (non-hydrogen) atoms. The molecule has 0 saturated carbocycles. The fourth-order valence-electron chi connectivity index (χ4n) is 2.47. The molecule has 0 bridgehead atoms. The molecule has 0 N–H and O–H groups in total. The Bertz CT molecular complexity index is 1090. The minimum absolute atomic E-state index is 0. The van der Waals surface area contributed by atoms with Crippen LogP contribution in [0.2, 0.25) is 0 Å². The predicted octanol–water partition coefficient (Wildman–Crippen LogP) is 3.69. The number of anilines is 1. The molecule has 0 atom stereocenters. The number of halogens is 2. The average molecular weight is 509 g/mol. The highest BCUT2D eigenvalue weighted by molar-refractivity contribution is 9.10. The molecule has 0 aliphatic rings. The number of rotatable bonds is 6. The Morgan fingerprint density at radius 3 is 2.50 bits per heavy atom. The zero-order chi connectivity index (χ0) is 19.8. The van der Waals surface area contributed by atoms with E-state index in [4.69, 9.17) is 4.42 Å². The number of furan rings is 1. The van der Waals surface area contributed by atoms with Gasteiger partial charge in [-0.05, 0) is 54.3 Å². The number of hydrogen-bond acceptors (Lipinski definition) is 7. The van der Waals surface area contributed by atoms with Gasteiger partial charge in [0.1, 0.15) is 5.52 Å². The zero-order valence-corrected chi connectivity index (χ0v) is 19.4. The number of para-hydroxylation sites is 1. The molecule has 0 radical (unpaired) electrons. The van der Waals surface area contributed by atoms with Crippen LogP contribution >= 0.6 is 39.7 Å². The molecule has 1 amide bonds. The Balaban J connectivity index is 0.00000280. The fourth-order valence-corrected chi connectivity index (χ4v) is 4.69. The van der Waals surface area contributed by atoms with E-state index in [1.807, 2.05) is 19.0 Å². The second-order valence-electron chi connectivity index (χ2n) is 6.24. The van der Waals surface area contributed by atoms with Crippen molar-refractivity contribution in [3.8, 4) is 0 Å². The molecule has 2 heterocycles. The molecule has 3 rings (SSSR count). The number of carbonyl (C=O) groups is 1. The van der Waals surface area contributed by atoms with E-state index in [1.165, 1.54) is 22.3 Å². The standard InChI is InChI=1S/C17H18BrN3O4S2.ClH/c1-20(2)9-10-21(16(22)11-7-8-14(18)25-11)17-19-15-12(26-17)5-4-6-13(15)27(3,23)24;/h4-8H,9-10H2,1-3H3;1H. The largest absolute Gasteiger partial charge is 0.444 e. The van der Waals surface area contributed by atoms with Gasteiger partial charge in [-0.25, -0.2) is 13.4 Å². The summed E-state index contributed by atoms with van der Waals surface area (Å²) in [6, 6.07) is 8.23. The number of thiazole rings is 1. The first-order chi connectivity index (χ1) is 12.7. The molecule has 0 spiro atoms. The SMILES string of the molecule is CN(C)CCN(C(=O)c1ccc(Br)o1)c1nc2c(S(C)(=O)=O)cccc2s1.Cl. The van der Waals surface area contributed by atoms with E-state index >= 15 is 0 Å². The van der Waals surface area contributed by atoms with Crippen molar-refractivity contribution in [2.45, 2.75) is 4.90 Å². The van der Waals surface area contributed by atoms with Crippen LogP contribution in [-0.4, -0.2) is 57.6 Å². The summed E-state index contributed by atoms with van der Waals surface area (Å²) >= 11 is 4.48. The molecule has 0 saturated heterocycles. The highest BCUT2D eigenvalue weighted by Gasteiger charge is 2.25. The molecule has 0 fully saturated rings. The maximum atomic E-state index is 13.0. The van der Waals surface area contributed by atoms with Crippen LogP contribution in [0.5, 0.6) is 0 Å². The smallest absolute Gasteiger partial charge is 0.295 e. The van der Waals surface area contributed by atoms with Crippen LogP contribution in [0, 0.1) is 0 Å². The van der Waals surface area contributed by atoms with Gasteiger partial charge in [0.25, 0.3) is 5.91 Å². The molecule has 1 aromatic carbocycles. The van der Waals surface area contributed by atoms with Gasteiger partial charge in [0.15, 0.2) is 25.4 Å². The van der Waals surface area contributed by atoms with Crippen molar-refractivity contribution in [1.29, 1.82) is 0 Å². The summed E-state index contributed by atoms with van der Waals surface area (Å²) in [6.45, 7) is 1.00. The van der Waals surface area contributed by atoms with Gasteiger partial charge in [-0.1, -0.05) is 17.4 Å². The predicted molar refractivity (Wildman–Crippen MR) is 117 cm³/mol. The Morgan fingerprint density at radius 2 is 1.93 bits per heavy atom. The normalized spacial score (nSPS) is 11.6. The van der Waals surface area contributed by atoms with Crippen molar-refractivity contribution in [2.75, 3.05) is 38.3 Å². The summed E-state index contributed by atoms with van der Waals surface area (Å²) < 4.78 is 30.7. The van der Waals surface area contributed by atoms with Crippen LogP contribution in [0.1, 0.15) is 10.6 Å². The number of fused-ring (bicyclic) bond motifs is 1. The highest BCUT2D eigenvalue weighted by atomic mass is 79.9. The number of likely N-dealkylation sites (N-methyl/N-ethyl adjacent to an activating group) is 1. The van der Waals surface area contributed by atoms with Crippen molar-refractivity contribution < 1.29 is 17.6 Å². The van der Waals surface area contributed by atoms with Gasteiger partial charge in [0, 0.05) is 19.3 Å². The van der Waals surface area contributed by atoms with Crippen LogP contribution in [0.15, 0.2) is 44.3 Å². The van der Waals surface area contributed by atoms with Gasteiger partial charge in [0.05, 0.1) is 9.60 Å². The van der Waals surface area contributed by atoms with Crippen LogP contribution in [0.3, 0.4) is 0 Å². The summed E-state index contributed by atoms with van der Waals surface area (Å²) in [7, 11) is 0.389. The van der Waals surface area contributed by atoms with E-state index in [0.717, 1.165) is 6.26 Å². The van der Waals surface area contributed by atoms with E-state index in [1.54, 1.807) is 24.3 Å². The lowest BCUT2D eigenvalue weighted by atomic mass is 10.3. The van der Waals surface area contributed by atoms with Crippen molar-refractivity contribution in [2.24, 2.45) is 0 Å². The minimum Gasteiger partial charge on any atom is -0.444 e. The minimum atomic E-state index is -3.43. The Hall–Kier alpha value is -1.46. The second-order valence-corrected chi connectivity index (χ2v) is 10.0. The van der Waals surface area contributed by atoms with Gasteiger partial charge in [-0.3, -0.25) is 9.69 Å². The lowest BCUT2D eigenvalue weighted by Gasteiger charge is -2.20. The Morgan fingerprint density at radius 1 is 1.21 bits per heavy atom. The maximum Gasteiger partial charge on any atom is 0.295 e. The number of aromatic nitrogens is 1. The number of benzene rings is 1. The van der Waals surface area contributed by atoms with Crippen LogP contribution in [-0.2, 0) is 9.84 Å². The number of hydrogen-bond donors (Lipinski definition) is 0. The van der Waals surface area contributed by atoms with Crippen LogP contribution < -0.4 is 4.90 Å². The number of sulfone groups is 1. The molecule has 0 aliphatic heterocycles. The third kappa shape index (κ3) is 4.93. The summed E-state index contributed by atoms with van der Waals surface area (Å²) in [5, 5.41) is 0.431. The number of nitrogens with zero attached hydrogens (tertiary/aromatic N) is 3. The van der Waals surface area contributed by atoms with Gasteiger partial charge in [-0.15, -0.1) is 12.4 Å². The molecule has 11 heteroatoms. The van der Waals surface area contributed by atoms with E-state index in [2.05, 4.69) is 20.9 Å². The monoisotopic (exact) mass is 507 g/mol. The lowest BCUT2D eigenvalue weighted by Crippen LogP contribution is -2.36. The molecular formula is C17H19BrClN3O4S2. The quantitative estimate of drug-likeness (QED) is 0.505. The fraction of sp³-hybridized carbons (Fsp3) is 0.294. The third-order valence-corrected chi connectivity index (χ3v) is 6.40. The van der Waals surface area contributed by atoms with Gasteiger partial charge < -0.3 is 9.32 Å². The molecule has 7 nitrogen and oxygen atoms in total. The first kappa shape index (κ1) is 22.8. The first-order valence-electron chi connectivity index (χ1n) is 7.98. The topological polar surface area (TPSA) is 83.7 Å². The average Bonchev–Trinajstić information content (AvgIpc) is 3.19. The highest BCUT2D eigenvalue weighted by Crippen LogP contribution is 2.33. The van der Waals surface area contributed by atoms with Crippen molar-refractivity contribution >= 4 is 70.8 Å². The maximum absolute atomic E-state index is 13.0. The number of carbonyl (C=O) groups excluding carboxylic acids is 1. The van der Waals surface area contributed by atoms with Gasteiger partial charge in [-0.2, -0.15) is 0 Å². The van der Waals surface area contributed by atoms with Gasteiger partial charge >= 0.3 is 0 Å². The van der Waals surface area contributed by atoms with Gasteiger partial charge in [0.2, 0.25) is 0 Å². The molecule has 152 valence electrons. The summed E-state index contributed by atoms with van der Waals surface area (Å²) in [5.74, 6) is -0.147. The van der Waals surface area contributed by atoms with E-state index in [0.29, 0.717) is 33.1 Å². The lowest BCUT2D eigenvalue weighted by molar-refractivity contribution is 0.0957. The first-order valence-corrected chi connectivity index (χ1v) is 11.5. The second kappa shape index (κ2) is 8.91. The Kier molecular flexibility index (Phi) is 7.27. The summed E-state index contributed by atoms with van der Waals surface area (Å²) in [5.41, 5.74) is 0.378. The third-order valence-electron chi connectivity index (χ3n) is 3.80. The van der Waals surface area contributed by atoms with Crippen LogP contribution in [0.4, 0.5) is 5.13 Å². The number of amides is 1. The van der Waals surface area contributed by atoms with Crippen molar-refractivity contribution in [3.05, 3.63) is 40.8 Å². The molecule has 2 aromatic heterocycles. The van der Waals surface area contributed by atoms with Crippen molar-refractivity contribution in [1.82, 2.24) is 9.88 Å². The van der Waals surface area contributed by atoms with E-state index in [-0.39, 0.29) is 29.0 Å². The Labute approximate surface area is 181 Å². The molecule has 0 aliphatic carbocycles.